The first kappa shape index (κ1) is 23.6. The number of anilines is 1. The highest BCUT2D eigenvalue weighted by Crippen LogP contribution is 2.44. The van der Waals surface area contributed by atoms with Crippen LogP contribution in [0.3, 0.4) is 0 Å². The van der Waals surface area contributed by atoms with Crippen LogP contribution in [0.15, 0.2) is 59.9 Å². The van der Waals surface area contributed by atoms with E-state index in [-0.39, 0.29) is 5.92 Å². The maximum atomic E-state index is 13.6. The lowest BCUT2D eigenvalue weighted by Gasteiger charge is -2.26. The molecule has 1 saturated heterocycles. The zero-order chi connectivity index (χ0) is 24.5. The number of benzene rings is 1. The third kappa shape index (κ3) is 4.55. The fourth-order valence-corrected chi connectivity index (χ4v) is 7.24. The average molecular weight is 508 g/mol. The maximum absolute atomic E-state index is 13.6. The van der Waals surface area contributed by atoms with E-state index in [1.165, 1.54) is 35.6 Å². The number of nitrogens with zero attached hydrogens (tertiary/aromatic N) is 5. The molecule has 0 amide bonds. The molecule has 190 valence electrons. The number of ether oxygens (including phenoxy) is 1. The molecule has 2 aromatic heterocycles. The van der Waals surface area contributed by atoms with Crippen LogP contribution in [0.5, 0.6) is 0 Å². The van der Waals surface area contributed by atoms with E-state index in [0.29, 0.717) is 23.2 Å². The largest absolute Gasteiger partial charge is 0.379 e. The molecular weight excluding hydrogens is 474 g/mol. The number of fused-ring (bicyclic) bond motifs is 1. The molecule has 36 heavy (non-hydrogen) atoms. The Bertz CT molecular complexity index is 1300. The van der Waals surface area contributed by atoms with Crippen molar-refractivity contribution in [3.63, 3.8) is 0 Å². The third-order valence-electron chi connectivity index (χ3n) is 7.84. The number of aromatic nitrogens is 3. The van der Waals surface area contributed by atoms with Crippen LogP contribution in [0.25, 0.3) is 0 Å². The molecule has 1 aliphatic carbocycles. The van der Waals surface area contributed by atoms with Crippen LogP contribution in [0, 0.1) is 0 Å². The smallest absolute Gasteiger partial charge is 0.265 e. The van der Waals surface area contributed by atoms with E-state index in [9.17, 15) is 8.42 Å². The monoisotopic (exact) mass is 507 g/mol. The van der Waals surface area contributed by atoms with Gasteiger partial charge in [0.15, 0.2) is 0 Å². The second kappa shape index (κ2) is 9.95. The molecule has 9 heteroatoms. The Morgan fingerprint density at radius 2 is 1.75 bits per heavy atom. The van der Waals surface area contributed by atoms with Crippen molar-refractivity contribution in [3.8, 4) is 0 Å². The molecule has 1 atom stereocenters. The van der Waals surface area contributed by atoms with Crippen LogP contribution in [-0.4, -0.2) is 67.5 Å². The Kier molecular flexibility index (Phi) is 6.54. The molecule has 0 radical (unpaired) electrons. The Morgan fingerprint density at radius 1 is 0.972 bits per heavy atom. The summed E-state index contributed by atoms with van der Waals surface area (Å²) in [5.41, 5.74) is 3.26. The van der Waals surface area contributed by atoms with Crippen molar-refractivity contribution in [3.05, 3.63) is 71.7 Å². The second-order valence-electron chi connectivity index (χ2n) is 10.1. The van der Waals surface area contributed by atoms with E-state index >= 15 is 0 Å². The van der Waals surface area contributed by atoms with Crippen LogP contribution >= 0.6 is 0 Å². The summed E-state index contributed by atoms with van der Waals surface area (Å²) in [6.45, 7) is 5.52. The summed E-state index contributed by atoms with van der Waals surface area (Å²) in [4.78, 5) is 7.44. The van der Waals surface area contributed by atoms with Crippen LogP contribution in [0.4, 0.5) is 5.82 Å². The molecular formula is C27H33N5O3S. The fourth-order valence-electron chi connectivity index (χ4n) is 5.76. The standard InChI is InChI=1S/C27H33N5O3S/c33-36(34,24-8-2-1-3-9-24)32-20-26(25-16-22(17-28-27(25)32)21-6-4-5-7-21)23-18-29-31(19-23)11-10-30-12-14-35-15-13-30/h1-3,8-9,16-19,21,26H,4-7,10-15,20H2. The van der Waals surface area contributed by atoms with Gasteiger partial charge in [0.05, 0.1) is 30.9 Å². The summed E-state index contributed by atoms with van der Waals surface area (Å²) in [5, 5.41) is 4.63. The first-order valence-electron chi connectivity index (χ1n) is 13.0. The molecule has 8 nitrogen and oxygen atoms in total. The summed E-state index contributed by atoms with van der Waals surface area (Å²) < 4.78 is 36.2. The van der Waals surface area contributed by atoms with Gasteiger partial charge in [-0.05, 0) is 48.1 Å². The van der Waals surface area contributed by atoms with Gasteiger partial charge in [0.25, 0.3) is 10.0 Å². The van der Waals surface area contributed by atoms with Crippen LogP contribution in [0.1, 0.15) is 54.2 Å². The molecule has 1 saturated carbocycles. The van der Waals surface area contributed by atoms with Gasteiger partial charge in [-0.3, -0.25) is 9.58 Å². The van der Waals surface area contributed by atoms with Gasteiger partial charge in [-0.1, -0.05) is 31.0 Å². The lowest BCUT2D eigenvalue weighted by Crippen LogP contribution is -2.38. The molecule has 3 aliphatic rings. The van der Waals surface area contributed by atoms with Crippen molar-refractivity contribution < 1.29 is 13.2 Å². The van der Waals surface area contributed by atoms with Gasteiger partial charge >= 0.3 is 0 Å². The molecule has 0 bridgehead atoms. The minimum absolute atomic E-state index is 0.0931. The zero-order valence-electron chi connectivity index (χ0n) is 20.5. The van der Waals surface area contributed by atoms with Gasteiger partial charge < -0.3 is 4.74 Å². The first-order valence-corrected chi connectivity index (χ1v) is 14.4. The SMILES string of the molecule is O=S(=O)(c1ccccc1)N1CC(c2cnn(CCN3CCOCC3)c2)c2cc(C3CCCC3)cnc21. The molecule has 1 aromatic carbocycles. The second-order valence-corrected chi connectivity index (χ2v) is 11.9. The van der Waals surface area contributed by atoms with Crippen molar-refractivity contribution in [2.75, 3.05) is 43.7 Å². The highest BCUT2D eigenvalue weighted by atomic mass is 32.2. The van der Waals surface area contributed by atoms with Gasteiger partial charge in [-0.15, -0.1) is 0 Å². The molecule has 4 heterocycles. The summed E-state index contributed by atoms with van der Waals surface area (Å²) in [6.07, 6.45) is 10.7. The van der Waals surface area contributed by atoms with Crippen molar-refractivity contribution in [2.45, 2.75) is 49.0 Å². The van der Waals surface area contributed by atoms with Crippen molar-refractivity contribution in [1.29, 1.82) is 0 Å². The van der Waals surface area contributed by atoms with E-state index in [2.05, 4.69) is 22.3 Å². The van der Waals surface area contributed by atoms with Crippen LogP contribution in [-0.2, 0) is 21.3 Å². The summed E-state index contributed by atoms with van der Waals surface area (Å²) in [5.74, 6) is 0.968. The van der Waals surface area contributed by atoms with Crippen molar-refractivity contribution >= 4 is 15.8 Å². The lowest BCUT2D eigenvalue weighted by atomic mass is 9.92. The molecule has 2 fully saturated rings. The number of sulfonamides is 1. The van der Waals surface area contributed by atoms with Crippen molar-refractivity contribution in [1.82, 2.24) is 19.7 Å². The van der Waals surface area contributed by atoms with Crippen LogP contribution < -0.4 is 4.31 Å². The highest BCUT2D eigenvalue weighted by molar-refractivity contribution is 7.92. The Hall–Kier alpha value is -2.75. The van der Waals surface area contributed by atoms with E-state index in [0.717, 1.165) is 50.5 Å². The molecule has 1 unspecified atom stereocenters. The quantitative estimate of drug-likeness (QED) is 0.486. The number of rotatable bonds is 7. The summed E-state index contributed by atoms with van der Waals surface area (Å²) in [6, 6.07) is 10.9. The predicted molar refractivity (Wildman–Crippen MR) is 138 cm³/mol. The third-order valence-corrected chi connectivity index (χ3v) is 9.61. The lowest BCUT2D eigenvalue weighted by molar-refractivity contribution is 0.0359. The number of hydrogen-bond acceptors (Lipinski definition) is 6. The molecule has 6 rings (SSSR count). The Balaban J connectivity index is 1.31. The highest BCUT2D eigenvalue weighted by Gasteiger charge is 2.39. The number of pyridine rings is 1. The zero-order valence-corrected chi connectivity index (χ0v) is 21.3. The van der Waals surface area contributed by atoms with Gasteiger partial charge in [-0.2, -0.15) is 5.10 Å². The van der Waals surface area contributed by atoms with Gasteiger partial charge in [0.2, 0.25) is 0 Å². The van der Waals surface area contributed by atoms with Gasteiger partial charge in [0, 0.05) is 50.1 Å². The molecule has 2 aliphatic heterocycles. The van der Waals surface area contributed by atoms with E-state index < -0.39 is 10.0 Å². The molecule has 3 aromatic rings. The molecule has 0 N–H and O–H groups in total. The topological polar surface area (TPSA) is 80.6 Å². The number of hydrogen-bond donors (Lipinski definition) is 0. The van der Waals surface area contributed by atoms with E-state index in [1.54, 1.807) is 24.3 Å². The minimum atomic E-state index is -3.72. The Morgan fingerprint density at radius 3 is 2.53 bits per heavy atom. The van der Waals surface area contributed by atoms with Gasteiger partial charge in [-0.25, -0.2) is 17.7 Å². The van der Waals surface area contributed by atoms with Gasteiger partial charge in [0.1, 0.15) is 5.82 Å². The van der Waals surface area contributed by atoms with Crippen molar-refractivity contribution in [2.24, 2.45) is 0 Å². The van der Waals surface area contributed by atoms with E-state index in [4.69, 9.17) is 9.72 Å². The maximum Gasteiger partial charge on any atom is 0.265 e. The predicted octanol–water partition coefficient (Wildman–Crippen LogP) is 3.61. The van der Waals surface area contributed by atoms with Crippen LogP contribution in [0.2, 0.25) is 0 Å². The summed E-state index contributed by atoms with van der Waals surface area (Å²) >= 11 is 0. The minimum Gasteiger partial charge on any atom is -0.379 e. The number of morpholine rings is 1. The average Bonchev–Trinajstić information content (AvgIpc) is 3.68. The first-order chi connectivity index (χ1) is 17.6. The van der Waals surface area contributed by atoms with E-state index in [1.807, 2.05) is 23.1 Å². The summed E-state index contributed by atoms with van der Waals surface area (Å²) in [7, 11) is -3.72. The Labute approximate surface area is 212 Å². The normalized spacial score (nSPS) is 21.2. The molecule has 0 spiro atoms. The fraction of sp³-hybridized carbons (Fsp3) is 0.481.